The van der Waals surface area contributed by atoms with Gasteiger partial charge in [-0.15, -0.1) is 5.10 Å². The number of nitrogens with one attached hydrogen (secondary N) is 1. The first kappa shape index (κ1) is 17.8. The van der Waals surface area contributed by atoms with Crippen molar-refractivity contribution < 1.29 is 19.1 Å². The summed E-state index contributed by atoms with van der Waals surface area (Å²) in [6, 6.07) is 5.17. The summed E-state index contributed by atoms with van der Waals surface area (Å²) in [4.78, 5) is 37.1. The molecular formula is C17H21N5O4. The molecule has 0 atom stereocenters. The van der Waals surface area contributed by atoms with E-state index in [0.29, 0.717) is 17.6 Å². The van der Waals surface area contributed by atoms with Gasteiger partial charge in [0.15, 0.2) is 6.61 Å². The molecular weight excluding hydrogens is 338 g/mol. The molecule has 1 aromatic carbocycles. The van der Waals surface area contributed by atoms with E-state index in [2.05, 4.69) is 15.6 Å². The molecule has 0 radical (unpaired) electrons. The molecule has 0 saturated heterocycles. The van der Waals surface area contributed by atoms with Gasteiger partial charge in [0, 0.05) is 19.6 Å². The van der Waals surface area contributed by atoms with Gasteiger partial charge in [0.25, 0.3) is 5.91 Å². The van der Waals surface area contributed by atoms with Crippen molar-refractivity contribution in [2.24, 2.45) is 0 Å². The van der Waals surface area contributed by atoms with E-state index in [1.165, 1.54) is 11.9 Å². The van der Waals surface area contributed by atoms with E-state index in [1.54, 1.807) is 22.9 Å². The number of aryl methyl sites for hydroxylation is 1. The molecule has 1 aliphatic carbocycles. The Morgan fingerprint density at radius 1 is 1.35 bits per heavy atom. The number of hydrogen-bond acceptors (Lipinski definition) is 6. The number of rotatable bonds is 7. The van der Waals surface area contributed by atoms with E-state index in [9.17, 15) is 14.4 Å². The summed E-state index contributed by atoms with van der Waals surface area (Å²) in [6.45, 7) is 2.14. The summed E-state index contributed by atoms with van der Waals surface area (Å²) < 4.78 is 6.77. The molecule has 0 bridgehead atoms. The number of benzene rings is 1. The zero-order valence-electron chi connectivity index (χ0n) is 14.8. The van der Waals surface area contributed by atoms with Gasteiger partial charge in [0.2, 0.25) is 5.91 Å². The van der Waals surface area contributed by atoms with Crippen molar-refractivity contribution in [1.29, 1.82) is 0 Å². The van der Waals surface area contributed by atoms with Crippen LogP contribution in [0, 0.1) is 0 Å². The normalized spacial score (nSPS) is 13.5. The van der Waals surface area contributed by atoms with E-state index >= 15 is 0 Å². The Labute approximate surface area is 150 Å². The van der Waals surface area contributed by atoms with Gasteiger partial charge in [-0.05, 0) is 38.0 Å². The van der Waals surface area contributed by atoms with Crippen LogP contribution in [0.1, 0.15) is 30.1 Å². The van der Waals surface area contributed by atoms with Gasteiger partial charge in [-0.2, -0.15) is 0 Å². The second-order valence-electron chi connectivity index (χ2n) is 6.28. The summed E-state index contributed by atoms with van der Waals surface area (Å²) in [7, 11) is 1.50. The van der Waals surface area contributed by atoms with Gasteiger partial charge >= 0.3 is 5.97 Å². The predicted molar refractivity (Wildman–Crippen MR) is 92.3 cm³/mol. The number of hydrogen-bond donors (Lipinski definition) is 1. The second kappa shape index (κ2) is 7.51. The predicted octanol–water partition coefficient (Wildman–Crippen LogP) is 0.345. The maximum absolute atomic E-state index is 12.1. The molecule has 1 saturated carbocycles. The number of esters is 1. The van der Waals surface area contributed by atoms with E-state index in [-0.39, 0.29) is 18.5 Å². The fourth-order valence-electron chi connectivity index (χ4n) is 2.46. The minimum atomic E-state index is -0.623. The van der Waals surface area contributed by atoms with Crippen LogP contribution in [0.3, 0.4) is 0 Å². The molecule has 26 heavy (non-hydrogen) atoms. The fraction of sp³-hybridized carbons (Fsp3) is 0.471. The third-order valence-corrected chi connectivity index (χ3v) is 4.12. The zero-order chi connectivity index (χ0) is 18.7. The molecule has 0 unspecified atom stereocenters. The minimum absolute atomic E-state index is 0.0566. The number of amides is 2. The van der Waals surface area contributed by atoms with Gasteiger partial charge in [-0.3, -0.25) is 9.59 Å². The maximum atomic E-state index is 12.1. The fourth-order valence-corrected chi connectivity index (χ4v) is 2.46. The third kappa shape index (κ3) is 4.16. The molecule has 0 aliphatic heterocycles. The quantitative estimate of drug-likeness (QED) is 0.715. The first-order chi connectivity index (χ1) is 12.5. The first-order valence-corrected chi connectivity index (χ1v) is 8.51. The van der Waals surface area contributed by atoms with Crippen LogP contribution >= 0.6 is 0 Å². The molecule has 2 amide bonds. The SMILES string of the molecule is CCn1nnc2cc(C(=O)OCC(=O)N(C)CC(=O)NC3CC3)ccc21. The zero-order valence-corrected chi connectivity index (χ0v) is 14.8. The van der Waals surface area contributed by atoms with Crippen molar-refractivity contribution in [2.45, 2.75) is 32.4 Å². The van der Waals surface area contributed by atoms with Crippen LogP contribution in [0.15, 0.2) is 18.2 Å². The Hall–Kier alpha value is -2.97. The molecule has 3 rings (SSSR count). The Morgan fingerprint density at radius 2 is 2.12 bits per heavy atom. The third-order valence-electron chi connectivity index (χ3n) is 4.12. The van der Waals surface area contributed by atoms with Gasteiger partial charge in [-0.1, -0.05) is 5.21 Å². The van der Waals surface area contributed by atoms with Gasteiger partial charge in [0.05, 0.1) is 17.6 Å². The number of likely N-dealkylation sites (N-methyl/N-ethyl adjacent to an activating group) is 1. The van der Waals surface area contributed by atoms with Crippen molar-refractivity contribution in [3.05, 3.63) is 23.8 Å². The van der Waals surface area contributed by atoms with Crippen LogP contribution in [0.4, 0.5) is 0 Å². The largest absolute Gasteiger partial charge is 0.452 e. The molecule has 9 nitrogen and oxygen atoms in total. The van der Waals surface area contributed by atoms with Crippen LogP contribution in [0.2, 0.25) is 0 Å². The average Bonchev–Trinajstić information content (AvgIpc) is 3.34. The highest BCUT2D eigenvalue weighted by atomic mass is 16.5. The van der Waals surface area contributed by atoms with Gasteiger partial charge in [0.1, 0.15) is 5.52 Å². The summed E-state index contributed by atoms with van der Waals surface area (Å²) in [5, 5.41) is 10.8. The molecule has 9 heteroatoms. The summed E-state index contributed by atoms with van der Waals surface area (Å²) in [5.41, 5.74) is 1.70. The van der Waals surface area contributed by atoms with Crippen molar-refractivity contribution >= 4 is 28.8 Å². The lowest BCUT2D eigenvalue weighted by molar-refractivity contribution is -0.137. The molecule has 1 aliphatic rings. The van der Waals surface area contributed by atoms with Crippen LogP contribution in [0.25, 0.3) is 11.0 Å². The molecule has 1 N–H and O–H groups in total. The Balaban J connectivity index is 1.52. The lowest BCUT2D eigenvalue weighted by atomic mass is 10.2. The standard InChI is InChI=1S/C17H21N5O4/c1-3-22-14-7-4-11(8-13(14)19-20-22)17(25)26-10-16(24)21(2)9-15(23)18-12-5-6-12/h4,7-8,12H,3,5-6,9-10H2,1-2H3,(H,18,23). The van der Waals surface area contributed by atoms with Crippen molar-refractivity contribution in [2.75, 3.05) is 20.2 Å². The highest BCUT2D eigenvalue weighted by molar-refractivity contribution is 5.95. The number of ether oxygens (including phenoxy) is 1. The molecule has 1 fully saturated rings. The van der Waals surface area contributed by atoms with Crippen molar-refractivity contribution in [3.8, 4) is 0 Å². The Morgan fingerprint density at radius 3 is 2.81 bits per heavy atom. The Kier molecular flexibility index (Phi) is 5.15. The summed E-state index contributed by atoms with van der Waals surface area (Å²) >= 11 is 0. The summed E-state index contributed by atoms with van der Waals surface area (Å²) in [6.07, 6.45) is 1.97. The van der Waals surface area contributed by atoms with Gasteiger partial charge in [-0.25, -0.2) is 9.48 Å². The van der Waals surface area contributed by atoms with Crippen LogP contribution < -0.4 is 5.32 Å². The molecule has 138 valence electrons. The summed E-state index contributed by atoms with van der Waals surface area (Å²) in [5.74, 6) is -1.27. The van der Waals surface area contributed by atoms with E-state index in [0.717, 1.165) is 18.4 Å². The highest BCUT2D eigenvalue weighted by Gasteiger charge is 2.24. The highest BCUT2D eigenvalue weighted by Crippen LogP contribution is 2.18. The topological polar surface area (TPSA) is 106 Å². The monoisotopic (exact) mass is 359 g/mol. The van der Waals surface area contributed by atoms with Crippen LogP contribution in [0.5, 0.6) is 0 Å². The first-order valence-electron chi connectivity index (χ1n) is 8.51. The smallest absolute Gasteiger partial charge is 0.338 e. The minimum Gasteiger partial charge on any atom is -0.452 e. The van der Waals surface area contributed by atoms with Crippen LogP contribution in [-0.4, -0.2) is 63.9 Å². The van der Waals surface area contributed by atoms with Crippen molar-refractivity contribution in [3.63, 3.8) is 0 Å². The number of nitrogens with zero attached hydrogens (tertiary/aromatic N) is 4. The second-order valence-corrected chi connectivity index (χ2v) is 6.28. The number of fused-ring (bicyclic) bond motifs is 1. The molecule has 1 heterocycles. The lowest BCUT2D eigenvalue weighted by Gasteiger charge is -2.16. The number of aromatic nitrogens is 3. The average molecular weight is 359 g/mol. The van der Waals surface area contributed by atoms with Crippen LogP contribution in [-0.2, 0) is 20.9 Å². The molecule has 2 aromatic rings. The van der Waals surface area contributed by atoms with E-state index in [4.69, 9.17) is 4.74 Å². The van der Waals surface area contributed by atoms with Gasteiger partial charge < -0.3 is 15.0 Å². The Bertz CT molecular complexity index is 843. The molecule has 0 spiro atoms. The van der Waals surface area contributed by atoms with Crippen molar-refractivity contribution in [1.82, 2.24) is 25.2 Å². The number of carbonyl (C=O) groups is 3. The number of carbonyl (C=O) groups excluding carboxylic acids is 3. The maximum Gasteiger partial charge on any atom is 0.338 e. The lowest BCUT2D eigenvalue weighted by Crippen LogP contribution is -2.40. The molecule has 1 aromatic heterocycles. The van der Waals surface area contributed by atoms with E-state index in [1.807, 2.05) is 6.92 Å². The van der Waals surface area contributed by atoms with E-state index < -0.39 is 18.5 Å².